The van der Waals surface area contributed by atoms with Crippen molar-refractivity contribution >= 4 is 50.9 Å². The summed E-state index contributed by atoms with van der Waals surface area (Å²) in [6.07, 6.45) is -2.02. The highest BCUT2D eigenvalue weighted by Crippen LogP contribution is 2.34. The number of amides is 1. The SMILES string of the molecule is CC(C)(C)c1cc(Br)cc(C(NC(=O)CNC(O)c2cc(O)cc(NC3=NCCCN3)c2)C(NC(O)C2=Nc3ccccc3C2N)C(=O)O)c1. The number of halogens is 1. The third kappa shape index (κ3) is 9.04. The number of carbonyl (C=O) groups excluding carboxylic acids is 1. The van der Waals surface area contributed by atoms with Crippen LogP contribution >= 0.6 is 15.9 Å². The summed E-state index contributed by atoms with van der Waals surface area (Å²) in [4.78, 5) is 35.1. The molecule has 1 amide bonds. The standard InChI is InChI=1S/C35H43BrN8O6/c1-35(2,3)20-11-18(12-21(36)15-20)28(30(33(49)50)44-32(48)29-27(37)24-7-4-5-8-25(24)42-29)43-26(46)17-40-31(47)19-13-22(16-23(45)14-19)41-34-38-9-6-10-39-34/h4-5,7-8,11-16,27-28,30-32,40,44-45,47-48H,6,9-10,17,37H2,1-3H3,(H,43,46)(H,49,50)(H2,38,39,41). The Bertz CT molecular complexity index is 1790. The van der Waals surface area contributed by atoms with E-state index in [-0.39, 0.29) is 22.4 Å². The molecule has 2 aliphatic rings. The van der Waals surface area contributed by atoms with Crippen LogP contribution in [0.25, 0.3) is 0 Å². The number of phenols is 1. The summed E-state index contributed by atoms with van der Waals surface area (Å²) in [6, 6.07) is 13.5. The molecule has 5 atom stereocenters. The lowest BCUT2D eigenvalue weighted by atomic mass is 9.84. The number of benzene rings is 3. The highest BCUT2D eigenvalue weighted by atomic mass is 79.9. The van der Waals surface area contributed by atoms with Crippen molar-refractivity contribution < 1.29 is 30.0 Å². The van der Waals surface area contributed by atoms with Crippen LogP contribution in [0.15, 0.2) is 75.1 Å². The molecule has 0 saturated carbocycles. The molecule has 3 aromatic rings. The molecule has 0 aromatic heterocycles. The minimum absolute atomic E-state index is 0.111. The van der Waals surface area contributed by atoms with E-state index in [1.165, 1.54) is 12.1 Å². The smallest absolute Gasteiger partial charge is 0.323 e. The van der Waals surface area contributed by atoms with Crippen LogP contribution in [0.5, 0.6) is 5.75 Å². The lowest BCUT2D eigenvalue weighted by Gasteiger charge is -2.30. The summed E-state index contributed by atoms with van der Waals surface area (Å²) in [5, 5.41) is 57.4. The van der Waals surface area contributed by atoms with Gasteiger partial charge in [-0.15, -0.1) is 0 Å². The molecule has 0 fully saturated rings. The molecular formula is C35H43BrN8O6. The number of hydrogen-bond donors (Lipinski definition) is 10. The second kappa shape index (κ2) is 15.7. The predicted molar refractivity (Wildman–Crippen MR) is 194 cm³/mol. The number of aliphatic hydroxyl groups excluding tert-OH is 2. The van der Waals surface area contributed by atoms with Crippen molar-refractivity contribution in [3.05, 3.63) is 87.4 Å². The van der Waals surface area contributed by atoms with Crippen LogP contribution in [-0.2, 0) is 15.0 Å². The maximum Gasteiger partial charge on any atom is 0.323 e. The molecule has 14 nitrogen and oxygen atoms in total. The monoisotopic (exact) mass is 750 g/mol. The number of fused-ring (bicyclic) bond motifs is 1. The van der Waals surface area contributed by atoms with Gasteiger partial charge in [0.2, 0.25) is 5.91 Å². The quantitative estimate of drug-likeness (QED) is 0.121. The van der Waals surface area contributed by atoms with Crippen molar-refractivity contribution in [1.29, 1.82) is 0 Å². The summed E-state index contributed by atoms with van der Waals surface area (Å²) in [7, 11) is 0. The van der Waals surface area contributed by atoms with Gasteiger partial charge in [-0.05, 0) is 53.3 Å². The van der Waals surface area contributed by atoms with Gasteiger partial charge in [-0.2, -0.15) is 0 Å². The minimum Gasteiger partial charge on any atom is -0.508 e. The fourth-order valence-electron chi connectivity index (χ4n) is 5.75. The number of aliphatic carboxylic acids is 1. The van der Waals surface area contributed by atoms with E-state index in [2.05, 4.69) is 52.5 Å². The zero-order valence-corrected chi connectivity index (χ0v) is 29.5. The van der Waals surface area contributed by atoms with Gasteiger partial charge < -0.3 is 42.1 Å². The Morgan fingerprint density at radius 1 is 1.06 bits per heavy atom. The van der Waals surface area contributed by atoms with E-state index >= 15 is 0 Å². The number of nitrogens with zero attached hydrogens (tertiary/aromatic N) is 2. The van der Waals surface area contributed by atoms with Gasteiger partial charge >= 0.3 is 5.97 Å². The molecule has 0 aliphatic carbocycles. The third-order valence-electron chi connectivity index (χ3n) is 8.39. The molecule has 5 rings (SSSR count). The third-order valence-corrected chi connectivity index (χ3v) is 8.85. The van der Waals surface area contributed by atoms with E-state index in [9.17, 15) is 30.0 Å². The predicted octanol–water partition coefficient (Wildman–Crippen LogP) is 2.80. The molecule has 0 bridgehead atoms. The van der Waals surface area contributed by atoms with Crippen LogP contribution in [0, 0.1) is 0 Å². The summed E-state index contributed by atoms with van der Waals surface area (Å²) in [6.45, 7) is 7.01. The van der Waals surface area contributed by atoms with Crippen molar-refractivity contribution in [1.82, 2.24) is 21.3 Å². The zero-order chi connectivity index (χ0) is 36.2. The van der Waals surface area contributed by atoms with Crippen LogP contribution in [0.1, 0.15) is 67.8 Å². The Morgan fingerprint density at radius 2 is 1.82 bits per heavy atom. The first kappa shape index (κ1) is 36.9. The molecule has 0 spiro atoms. The Kier molecular flexibility index (Phi) is 11.6. The molecule has 2 heterocycles. The highest BCUT2D eigenvalue weighted by Gasteiger charge is 2.37. The van der Waals surface area contributed by atoms with E-state index < -0.39 is 49.0 Å². The number of carbonyl (C=O) groups is 2. The molecule has 5 unspecified atom stereocenters. The maximum atomic E-state index is 13.5. The van der Waals surface area contributed by atoms with Gasteiger partial charge in [0.15, 0.2) is 5.96 Å². The Labute approximate surface area is 298 Å². The van der Waals surface area contributed by atoms with Gasteiger partial charge in [0.05, 0.1) is 30.0 Å². The zero-order valence-electron chi connectivity index (χ0n) is 27.9. The molecule has 50 heavy (non-hydrogen) atoms. The summed E-state index contributed by atoms with van der Waals surface area (Å²) in [5.74, 6) is -1.56. The number of carboxylic acid groups (broad SMARTS) is 1. The normalized spacial score (nSPS) is 18.1. The van der Waals surface area contributed by atoms with Crippen molar-refractivity contribution in [2.75, 3.05) is 25.0 Å². The van der Waals surface area contributed by atoms with E-state index in [4.69, 9.17) is 5.73 Å². The number of guanidine groups is 1. The number of aliphatic imine (C=N–C) groups is 2. The number of aliphatic hydroxyl groups is 2. The Balaban J connectivity index is 1.36. The average molecular weight is 752 g/mol. The van der Waals surface area contributed by atoms with Gasteiger partial charge in [0, 0.05) is 40.4 Å². The summed E-state index contributed by atoms with van der Waals surface area (Å²) in [5.41, 5.74) is 9.54. The molecule has 0 saturated heterocycles. The van der Waals surface area contributed by atoms with E-state index in [1.807, 2.05) is 32.9 Å². The molecule has 2 aliphatic heterocycles. The number of carboxylic acids is 1. The molecule has 0 radical (unpaired) electrons. The van der Waals surface area contributed by atoms with Gasteiger partial charge in [-0.25, -0.2) is 0 Å². The molecule has 266 valence electrons. The minimum atomic E-state index is -1.56. The fourth-order valence-corrected chi connectivity index (χ4v) is 6.26. The number of rotatable bonds is 12. The van der Waals surface area contributed by atoms with Crippen molar-refractivity contribution in [3.63, 3.8) is 0 Å². The van der Waals surface area contributed by atoms with Crippen molar-refractivity contribution in [2.24, 2.45) is 15.7 Å². The second-order valence-corrected chi connectivity index (χ2v) is 14.2. The van der Waals surface area contributed by atoms with Gasteiger partial charge in [-0.1, -0.05) is 61.0 Å². The van der Waals surface area contributed by atoms with Crippen molar-refractivity contribution in [2.45, 2.75) is 63.2 Å². The number of hydrogen-bond acceptors (Lipinski definition) is 12. The average Bonchev–Trinajstić information content (AvgIpc) is 3.40. The fraction of sp³-hybridized carbons (Fsp3) is 0.371. The highest BCUT2D eigenvalue weighted by molar-refractivity contribution is 9.10. The molecular weight excluding hydrogens is 708 g/mol. The van der Waals surface area contributed by atoms with Crippen LogP contribution in [0.3, 0.4) is 0 Å². The summed E-state index contributed by atoms with van der Waals surface area (Å²) < 4.78 is 0.665. The number of nitrogens with one attached hydrogen (secondary N) is 5. The van der Waals surface area contributed by atoms with Gasteiger partial charge in [-0.3, -0.25) is 30.2 Å². The number of para-hydroxylation sites is 1. The van der Waals surface area contributed by atoms with E-state index in [0.29, 0.717) is 39.5 Å². The number of anilines is 1. The number of phenolic OH excluding ortho intramolecular Hbond substituents is 1. The first-order valence-corrected chi connectivity index (χ1v) is 17.0. The Hall–Kier alpha value is -4.38. The summed E-state index contributed by atoms with van der Waals surface area (Å²) >= 11 is 3.53. The molecule has 3 aromatic carbocycles. The van der Waals surface area contributed by atoms with Gasteiger partial charge in [0.25, 0.3) is 0 Å². The lowest BCUT2D eigenvalue weighted by Crippen LogP contribution is -2.55. The van der Waals surface area contributed by atoms with E-state index in [0.717, 1.165) is 18.5 Å². The first-order valence-electron chi connectivity index (χ1n) is 16.2. The molecule has 11 N–H and O–H groups in total. The first-order chi connectivity index (χ1) is 23.7. The van der Waals surface area contributed by atoms with Crippen LogP contribution < -0.4 is 32.3 Å². The number of nitrogens with two attached hydrogens (primary N) is 1. The van der Waals surface area contributed by atoms with Crippen molar-refractivity contribution in [3.8, 4) is 5.75 Å². The van der Waals surface area contributed by atoms with Crippen LogP contribution in [0.4, 0.5) is 11.4 Å². The van der Waals surface area contributed by atoms with Crippen LogP contribution in [-0.4, -0.2) is 75.9 Å². The van der Waals surface area contributed by atoms with Gasteiger partial charge in [0.1, 0.15) is 24.2 Å². The molecule has 15 heteroatoms. The lowest BCUT2D eigenvalue weighted by molar-refractivity contribution is -0.141. The Morgan fingerprint density at radius 3 is 2.50 bits per heavy atom. The van der Waals surface area contributed by atoms with Crippen LogP contribution in [0.2, 0.25) is 0 Å². The maximum absolute atomic E-state index is 13.5. The number of aromatic hydroxyl groups is 1. The second-order valence-electron chi connectivity index (χ2n) is 13.3. The largest absolute Gasteiger partial charge is 0.508 e. The topological polar surface area (TPSA) is 226 Å². The van der Waals surface area contributed by atoms with E-state index in [1.54, 1.807) is 36.4 Å².